The van der Waals surface area contributed by atoms with E-state index in [4.69, 9.17) is 0 Å². The first kappa shape index (κ1) is 24.2. The van der Waals surface area contributed by atoms with Crippen LogP contribution in [0, 0.1) is 0 Å². The summed E-state index contributed by atoms with van der Waals surface area (Å²) in [5.74, 6) is -0.0247. The molecular formula is C27H31N5O3. The Bertz CT molecular complexity index is 1400. The summed E-state index contributed by atoms with van der Waals surface area (Å²) in [5.41, 5.74) is 2.32. The van der Waals surface area contributed by atoms with Crippen molar-refractivity contribution in [3.63, 3.8) is 0 Å². The fourth-order valence-corrected chi connectivity index (χ4v) is 4.41. The summed E-state index contributed by atoms with van der Waals surface area (Å²) >= 11 is 0. The number of carbonyl (C=O) groups excluding carboxylic acids is 1. The van der Waals surface area contributed by atoms with Gasteiger partial charge in [-0.25, -0.2) is 9.78 Å². The normalized spacial score (nSPS) is 12.1. The molecular weight excluding hydrogens is 442 g/mol. The van der Waals surface area contributed by atoms with Crippen molar-refractivity contribution in [3.05, 3.63) is 99.0 Å². The van der Waals surface area contributed by atoms with Crippen molar-refractivity contribution >= 4 is 17.1 Å². The molecule has 0 fully saturated rings. The molecule has 1 unspecified atom stereocenters. The van der Waals surface area contributed by atoms with Crippen molar-refractivity contribution < 1.29 is 4.79 Å². The maximum absolute atomic E-state index is 12.8. The standard InChI is InChI=1S/C27H31N5O3/c1-30-25-24(26(34)31(2)27(30)35)32(19-28-25)18-10-17-23(33)29-22(21-14-7-4-8-15-21)16-9-13-20-11-5-3-6-12-20/h3-8,11-12,14-15,19,22H,9-10,13,16-18H2,1-2H3,(H,29,33). The van der Waals surface area contributed by atoms with E-state index in [9.17, 15) is 14.4 Å². The Morgan fingerprint density at radius 2 is 1.63 bits per heavy atom. The van der Waals surface area contributed by atoms with Gasteiger partial charge < -0.3 is 9.88 Å². The zero-order valence-electron chi connectivity index (χ0n) is 20.2. The Balaban J connectivity index is 1.37. The fourth-order valence-electron chi connectivity index (χ4n) is 4.41. The molecule has 0 saturated heterocycles. The topological polar surface area (TPSA) is 90.9 Å². The Labute approximate surface area is 203 Å². The van der Waals surface area contributed by atoms with Crippen molar-refractivity contribution in [3.8, 4) is 0 Å². The number of carbonyl (C=O) groups is 1. The molecule has 0 aliphatic carbocycles. The molecule has 1 atom stereocenters. The van der Waals surface area contributed by atoms with E-state index >= 15 is 0 Å². The number of nitrogens with zero attached hydrogens (tertiary/aromatic N) is 4. The van der Waals surface area contributed by atoms with E-state index in [-0.39, 0.29) is 17.5 Å². The second-order valence-electron chi connectivity index (χ2n) is 8.83. The van der Waals surface area contributed by atoms with Gasteiger partial charge in [-0.05, 0) is 36.8 Å². The van der Waals surface area contributed by atoms with E-state index in [2.05, 4.69) is 22.4 Å². The van der Waals surface area contributed by atoms with Crippen LogP contribution in [0.25, 0.3) is 11.2 Å². The van der Waals surface area contributed by atoms with Gasteiger partial charge in [0.05, 0.1) is 12.4 Å². The smallest absolute Gasteiger partial charge is 0.332 e. The van der Waals surface area contributed by atoms with Crippen LogP contribution in [0.2, 0.25) is 0 Å². The second-order valence-corrected chi connectivity index (χ2v) is 8.83. The predicted molar refractivity (Wildman–Crippen MR) is 136 cm³/mol. The molecule has 4 rings (SSSR count). The van der Waals surface area contributed by atoms with E-state index in [1.54, 1.807) is 17.9 Å². The molecule has 4 aromatic rings. The van der Waals surface area contributed by atoms with E-state index in [0.717, 1.165) is 29.4 Å². The van der Waals surface area contributed by atoms with Gasteiger partial charge in [0.25, 0.3) is 5.56 Å². The Morgan fingerprint density at radius 3 is 2.34 bits per heavy atom. The molecule has 8 heteroatoms. The number of imidazole rings is 1. The maximum Gasteiger partial charge on any atom is 0.332 e. The van der Waals surface area contributed by atoms with Crippen LogP contribution in [0.3, 0.4) is 0 Å². The number of nitrogens with one attached hydrogen (secondary N) is 1. The van der Waals surface area contributed by atoms with Crippen molar-refractivity contribution in [1.29, 1.82) is 0 Å². The molecule has 0 aliphatic heterocycles. The van der Waals surface area contributed by atoms with Crippen LogP contribution in [-0.4, -0.2) is 24.6 Å². The minimum absolute atomic E-state index is 0.0247. The number of rotatable bonds is 10. The lowest BCUT2D eigenvalue weighted by molar-refractivity contribution is -0.122. The molecule has 0 bridgehead atoms. The molecule has 0 aliphatic rings. The molecule has 2 aromatic carbocycles. The molecule has 2 heterocycles. The maximum atomic E-state index is 12.8. The van der Waals surface area contributed by atoms with E-state index in [1.165, 1.54) is 17.2 Å². The summed E-state index contributed by atoms with van der Waals surface area (Å²) in [7, 11) is 3.05. The second kappa shape index (κ2) is 11.0. The molecule has 35 heavy (non-hydrogen) atoms. The van der Waals surface area contributed by atoms with Crippen molar-refractivity contribution in [2.24, 2.45) is 14.1 Å². The number of aryl methyl sites for hydroxylation is 3. The number of hydrogen-bond donors (Lipinski definition) is 1. The summed E-state index contributed by atoms with van der Waals surface area (Å²) in [6.07, 6.45) is 5.21. The highest BCUT2D eigenvalue weighted by atomic mass is 16.2. The Hall–Kier alpha value is -3.94. The number of amides is 1. The lowest BCUT2D eigenvalue weighted by Gasteiger charge is -2.19. The van der Waals surface area contributed by atoms with Gasteiger partial charge in [0.2, 0.25) is 5.91 Å². The molecule has 1 N–H and O–H groups in total. The van der Waals surface area contributed by atoms with Crippen molar-refractivity contribution in [2.75, 3.05) is 0 Å². The number of aromatic nitrogens is 4. The van der Waals surface area contributed by atoms with Gasteiger partial charge in [0.15, 0.2) is 11.2 Å². The molecule has 8 nitrogen and oxygen atoms in total. The Kier molecular flexibility index (Phi) is 7.60. The first-order valence-electron chi connectivity index (χ1n) is 11.9. The molecule has 2 aromatic heterocycles. The van der Waals surface area contributed by atoms with Crippen LogP contribution in [0.1, 0.15) is 42.9 Å². The third kappa shape index (κ3) is 5.59. The first-order valence-corrected chi connectivity index (χ1v) is 11.9. The largest absolute Gasteiger partial charge is 0.349 e. The summed E-state index contributed by atoms with van der Waals surface area (Å²) in [4.78, 5) is 41.8. The number of fused-ring (bicyclic) bond motifs is 1. The Morgan fingerprint density at radius 1 is 0.943 bits per heavy atom. The van der Waals surface area contributed by atoms with Gasteiger partial charge in [0, 0.05) is 27.1 Å². The summed E-state index contributed by atoms with van der Waals surface area (Å²) < 4.78 is 4.16. The van der Waals surface area contributed by atoms with E-state index in [0.29, 0.717) is 30.6 Å². The zero-order valence-corrected chi connectivity index (χ0v) is 20.2. The summed E-state index contributed by atoms with van der Waals surface area (Å²) in [6.45, 7) is 0.460. The third-order valence-corrected chi connectivity index (χ3v) is 6.36. The highest BCUT2D eigenvalue weighted by Crippen LogP contribution is 2.20. The lowest BCUT2D eigenvalue weighted by atomic mass is 9.98. The summed E-state index contributed by atoms with van der Waals surface area (Å²) in [6, 6.07) is 20.4. The quantitative estimate of drug-likeness (QED) is 0.383. The fraction of sp³-hybridized carbons (Fsp3) is 0.333. The van der Waals surface area contributed by atoms with Gasteiger partial charge in [-0.2, -0.15) is 0 Å². The highest BCUT2D eigenvalue weighted by molar-refractivity contribution is 5.76. The zero-order chi connectivity index (χ0) is 24.8. The highest BCUT2D eigenvalue weighted by Gasteiger charge is 2.16. The van der Waals surface area contributed by atoms with Crippen molar-refractivity contribution in [2.45, 2.75) is 44.7 Å². The van der Waals surface area contributed by atoms with Crippen LogP contribution >= 0.6 is 0 Å². The van der Waals surface area contributed by atoms with E-state index < -0.39 is 5.69 Å². The third-order valence-electron chi connectivity index (χ3n) is 6.36. The minimum Gasteiger partial charge on any atom is -0.349 e. The molecule has 182 valence electrons. The van der Waals surface area contributed by atoms with E-state index in [1.807, 2.05) is 48.5 Å². The number of hydrogen-bond acceptors (Lipinski definition) is 4. The predicted octanol–water partition coefficient (Wildman–Crippen LogP) is 3.09. The molecule has 0 saturated carbocycles. The lowest BCUT2D eigenvalue weighted by Crippen LogP contribution is -2.37. The van der Waals surface area contributed by atoms with Crippen LogP contribution < -0.4 is 16.6 Å². The molecule has 0 spiro atoms. The minimum atomic E-state index is -0.411. The SMILES string of the molecule is Cn1c(=O)c2c(ncn2CCCC(=O)NC(CCCc2ccccc2)c2ccccc2)n(C)c1=O. The summed E-state index contributed by atoms with van der Waals surface area (Å²) in [5, 5.41) is 3.20. The van der Waals surface area contributed by atoms with Crippen LogP contribution in [0.15, 0.2) is 76.6 Å². The van der Waals surface area contributed by atoms with Crippen LogP contribution in [-0.2, 0) is 31.9 Å². The monoisotopic (exact) mass is 473 g/mol. The first-order chi connectivity index (χ1) is 17.0. The van der Waals surface area contributed by atoms with Gasteiger partial charge in [-0.15, -0.1) is 0 Å². The van der Waals surface area contributed by atoms with Crippen LogP contribution in [0.5, 0.6) is 0 Å². The molecule has 0 radical (unpaired) electrons. The molecule has 1 amide bonds. The van der Waals surface area contributed by atoms with Gasteiger partial charge in [-0.3, -0.25) is 18.7 Å². The average molecular weight is 474 g/mol. The van der Waals surface area contributed by atoms with Crippen LogP contribution in [0.4, 0.5) is 0 Å². The van der Waals surface area contributed by atoms with Gasteiger partial charge >= 0.3 is 5.69 Å². The average Bonchev–Trinajstić information content (AvgIpc) is 3.31. The van der Waals surface area contributed by atoms with Gasteiger partial charge in [-0.1, -0.05) is 60.7 Å². The number of benzene rings is 2. The van der Waals surface area contributed by atoms with Crippen molar-refractivity contribution in [1.82, 2.24) is 24.0 Å². The van der Waals surface area contributed by atoms with Gasteiger partial charge in [0.1, 0.15) is 0 Å².